The summed E-state index contributed by atoms with van der Waals surface area (Å²) in [5.74, 6) is 0.726. The summed E-state index contributed by atoms with van der Waals surface area (Å²) >= 11 is 0. The lowest BCUT2D eigenvalue weighted by atomic mass is 9.98. The molecular formula is C23H24FN5O3S. The second-order valence-electron chi connectivity index (χ2n) is 8.54. The van der Waals surface area contributed by atoms with E-state index < -0.39 is 21.8 Å². The highest BCUT2D eigenvalue weighted by molar-refractivity contribution is 7.89. The average Bonchev–Trinajstić information content (AvgIpc) is 3.56. The van der Waals surface area contributed by atoms with Gasteiger partial charge >= 0.3 is 0 Å². The molecule has 0 radical (unpaired) electrons. The van der Waals surface area contributed by atoms with E-state index in [4.69, 9.17) is 0 Å². The molecule has 1 atom stereocenters. The molecule has 2 heterocycles. The first kappa shape index (κ1) is 21.7. The molecule has 2 fully saturated rings. The third-order valence-corrected chi connectivity index (χ3v) is 7.94. The number of aromatic amines is 1. The fourth-order valence-electron chi connectivity index (χ4n) is 4.05. The number of piperidine rings is 1. The molecule has 33 heavy (non-hydrogen) atoms. The van der Waals surface area contributed by atoms with Gasteiger partial charge in [0.1, 0.15) is 11.6 Å². The van der Waals surface area contributed by atoms with Crippen LogP contribution in [0.15, 0.2) is 53.4 Å². The Hall–Kier alpha value is -3.11. The molecule has 2 aromatic carbocycles. The van der Waals surface area contributed by atoms with Gasteiger partial charge in [0.2, 0.25) is 15.9 Å². The van der Waals surface area contributed by atoms with Crippen LogP contribution in [0.2, 0.25) is 0 Å². The smallest absolute Gasteiger partial charge is 0.243 e. The number of carbonyl (C=O) groups excluding carboxylic acids is 1. The van der Waals surface area contributed by atoms with Crippen LogP contribution < -0.4 is 5.32 Å². The van der Waals surface area contributed by atoms with Crippen LogP contribution in [0, 0.1) is 11.7 Å². The van der Waals surface area contributed by atoms with Gasteiger partial charge < -0.3 is 5.32 Å². The van der Waals surface area contributed by atoms with Crippen molar-refractivity contribution in [1.82, 2.24) is 19.5 Å². The Morgan fingerprint density at radius 1 is 1.12 bits per heavy atom. The van der Waals surface area contributed by atoms with E-state index in [1.165, 1.54) is 16.4 Å². The number of nitrogens with zero attached hydrogens (tertiary/aromatic N) is 3. The highest BCUT2D eigenvalue weighted by atomic mass is 32.2. The van der Waals surface area contributed by atoms with E-state index in [1.54, 1.807) is 6.07 Å². The molecule has 172 valence electrons. The number of aromatic nitrogens is 3. The van der Waals surface area contributed by atoms with Crippen LogP contribution in [0.1, 0.15) is 37.4 Å². The van der Waals surface area contributed by atoms with Crippen molar-refractivity contribution in [3.8, 4) is 11.4 Å². The normalized spacial score (nSPS) is 19.4. The number of hydrogen-bond donors (Lipinski definition) is 2. The maximum Gasteiger partial charge on any atom is 0.243 e. The molecule has 1 unspecified atom stereocenters. The van der Waals surface area contributed by atoms with Gasteiger partial charge in [-0.25, -0.2) is 17.8 Å². The first-order valence-electron chi connectivity index (χ1n) is 11.0. The highest BCUT2D eigenvalue weighted by Gasteiger charge is 2.33. The van der Waals surface area contributed by atoms with Gasteiger partial charge in [-0.05, 0) is 62.1 Å². The number of hydrogen-bond acceptors (Lipinski definition) is 5. The molecule has 2 N–H and O–H groups in total. The maximum absolute atomic E-state index is 13.2. The zero-order valence-electron chi connectivity index (χ0n) is 17.9. The molecule has 1 saturated heterocycles. The summed E-state index contributed by atoms with van der Waals surface area (Å²) in [7, 11) is -3.79. The van der Waals surface area contributed by atoms with E-state index in [0.717, 1.165) is 36.4 Å². The van der Waals surface area contributed by atoms with Crippen LogP contribution in [-0.2, 0) is 14.8 Å². The number of sulfonamides is 1. The summed E-state index contributed by atoms with van der Waals surface area (Å²) in [5.41, 5.74) is 1.40. The van der Waals surface area contributed by atoms with Gasteiger partial charge in [0, 0.05) is 30.3 Å². The predicted octanol–water partition coefficient (Wildman–Crippen LogP) is 3.53. The van der Waals surface area contributed by atoms with E-state index in [2.05, 4.69) is 20.5 Å². The van der Waals surface area contributed by atoms with Crippen LogP contribution in [0.4, 0.5) is 10.1 Å². The summed E-state index contributed by atoms with van der Waals surface area (Å²) in [6.45, 7) is 0.407. The predicted molar refractivity (Wildman–Crippen MR) is 120 cm³/mol. The Bertz CT molecular complexity index is 1270. The molecule has 1 aliphatic carbocycles. The number of rotatable bonds is 6. The zero-order chi connectivity index (χ0) is 23.0. The van der Waals surface area contributed by atoms with E-state index in [0.29, 0.717) is 36.8 Å². The van der Waals surface area contributed by atoms with Crippen molar-refractivity contribution in [2.24, 2.45) is 5.92 Å². The molecule has 5 rings (SSSR count). The van der Waals surface area contributed by atoms with Gasteiger partial charge in [-0.3, -0.25) is 9.89 Å². The van der Waals surface area contributed by atoms with Crippen molar-refractivity contribution in [3.63, 3.8) is 0 Å². The van der Waals surface area contributed by atoms with Crippen LogP contribution in [0.25, 0.3) is 11.4 Å². The molecule has 2 aliphatic rings. The fraction of sp³-hybridized carbons (Fsp3) is 0.348. The molecule has 0 spiro atoms. The molecule has 10 heteroatoms. The maximum atomic E-state index is 13.2. The van der Waals surface area contributed by atoms with Crippen molar-refractivity contribution in [1.29, 1.82) is 0 Å². The van der Waals surface area contributed by atoms with Crippen molar-refractivity contribution in [3.05, 3.63) is 60.2 Å². The van der Waals surface area contributed by atoms with Crippen LogP contribution in [0.3, 0.4) is 0 Å². The summed E-state index contributed by atoms with van der Waals surface area (Å²) in [6, 6.07) is 12.0. The Labute approximate surface area is 191 Å². The number of halogens is 1. The number of carbonyl (C=O) groups is 1. The van der Waals surface area contributed by atoms with Gasteiger partial charge in [-0.15, -0.1) is 0 Å². The zero-order valence-corrected chi connectivity index (χ0v) is 18.7. The second-order valence-corrected chi connectivity index (χ2v) is 10.5. The van der Waals surface area contributed by atoms with Gasteiger partial charge in [0.15, 0.2) is 5.82 Å². The average molecular weight is 470 g/mol. The van der Waals surface area contributed by atoms with Gasteiger partial charge in [-0.1, -0.05) is 12.1 Å². The highest BCUT2D eigenvalue weighted by Crippen LogP contribution is 2.38. The summed E-state index contributed by atoms with van der Waals surface area (Å²) in [4.78, 5) is 17.5. The Balaban J connectivity index is 1.27. The lowest BCUT2D eigenvalue weighted by Crippen LogP contribution is -2.43. The van der Waals surface area contributed by atoms with E-state index in [-0.39, 0.29) is 17.3 Å². The second kappa shape index (κ2) is 8.68. The minimum Gasteiger partial charge on any atom is -0.326 e. The van der Waals surface area contributed by atoms with Gasteiger partial charge in [0.05, 0.1) is 10.8 Å². The molecule has 1 aliphatic heterocycles. The molecule has 1 amide bonds. The quantitative estimate of drug-likeness (QED) is 0.574. The van der Waals surface area contributed by atoms with E-state index in [1.807, 2.05) is 18.2 Å². The number of benzene rings is 2. The Morgan fingerprint density at radius 3 is 2.67 bits per heavy atom. The fourth-order valence-corrected chi connectivity index (χ4v) is 5.58. The van der Waals surface area contributed by atoms with Crippen molar-refractivity contribution in [2.75, 3.05) is 18.4 Å². The third kappa shape index (κ3) is 4.67. The lowest BCUT2D eigenvalue weighted by Gasteiger charge is -2.31. The van der Waals surface area contributed by atoms with Crippen molar-refractivity contribution < 1.29 is 17.6 Å². The first-order chi connectivity index (χ1) is 15.9. The number of anilines is 1. The summed E-state index contributed by atoms with van der Waals surface area (Å²) in [5, 5.41) is 10.2. The Morgan fingerprint density at radius 2 is 1.91 bits per heavy atom. The van der Waals surface area contributed by atoms with Crippen LogP contribution >= 0.6 is 0 Å². The largest absolute Gasteiger partial charge is 0.326 e. The first-order valence-corrected chi connectivity index (χ1v) is 12.4. The summed E-state index contributed by atoms with van der Waals surface area (Å²) in [6.07, 6.45) is 3.41. The molecular weight excluding hydrogens is 445 g/mol. The van der Waals surface area contributed by atoms with Crippen LogP contribution in [-0.4, -0.2) is 46.9 Å². The van der Waals surface area contributed by atoms with Crippen molar-refractivity contribution in [2.45, 2.75) is 36.5 Å². The Kier molecular flexibility index (Phi) is 5.71. The molecule has 1 saturated carbocycles. The SMILES string of the molecule is O=C(Nc1cccc(-c2n[nH]c(C3CC3)n2)c1)C1CCCN(S(=O)(=O)c2ccc(F)cc2)C1. The van der Waals surface area contributed by atoms with Gasteiger partial charge in [0.25, 0.3) is 0 Å². The topological polar surface area (TPSA) is 108 Å². The monoisotopic (exact) mass is 469 g/mol. The molecule has 3 aromatic rings. The molecule has 8 nitrogen and oxygen atoms in total. The van der Waals surface area contributed by atoms with Gasteiger partial charge in [-0.2, -0.15) is 9.40 Å². The van der Waals surface area contributed by atoms with Crippen LogP contribution in [0.5, 0.6) is 0 Å². The van der Waals surface area contributed by atoms with E-state index >= 15 is 0 Å². The molecule has 0 bridgehead atoms. The lowest BCUT2D eigenvalue weighted by molar-refractivity contribution is -0.120. The van der Waals surface area contributed by atoms with Crippen molar-refractivity contribution >= 4 is 21.6 Å². The van der Waals surface area contributed by atoms with E-state index in [9.17, 15) is 17.6 Å². The minimum atomic E-state index is -3.79. The summed E-state index contributed by atoms with van der Waals surface area (Å²) < 4.78 is 40.4. The number of amides is 1. The molecule has 1 aromatic heterocycles. The minimum absolute atomic E-state index is 0.0229. The number of H-pyrrole nitrogens is 1. The third-order valence-electron chi connectivity index (χ3n) is 6.06. The standard InChI is InChI=1S/C23H24FN5O3S/c24-18-8-10-20(11-9-18)33(31,32)29-12-2-4-17(14-29)23(30)25-19-5-1-3-16(13-19)22-26-21(27-28-22)15-6-7-15/h1,3,5,8-11,13,15,17H,2,4,6-7,12,14H2,(H,25,30)(H,26,27,28). The number of nitrogens with one attached hydrogen (secondary N) is 2.